The molecule has 1 aromatic heterocycles. The fraction of sp³-hybridized carbons (Fsp3) is 0.333. The van der Waals surface area contributed by atoms with Crippen molar-refractivity contribution in [2.24, 2.45) is 5.73 Å². The Kier molecular flexibility index (Phi) is 3.55. The number of H-pyrrole nitrogens is 1. The lowest BCUT2D eigenvalue weighted by molar-refractivity contribution is 0.216. The molecule has 0 amide bonds. The highest BCUT2D eigenvalue weighted by Crippen LogP contribution is 2.27. The third-order valence-corrected chi connectivity index (χ3v) is 3.41. The number of nitrogens with one attached hydrogen (secondary N) is 1. The summed E-state index contributed by atoms with van der Waals surface area (Å²) in [5.74, 6) is 0. The van der Waals surface area contributed by atoms with Gasteiger partial charge in [0.05, 0.1) is 0 Å². The highest BCUT2D eigenvalue weighted by atomic mass is 16.3. The number of hydrogen-bond acceptors (Lipinski definition) is 2. The molecule has 0 saturated carbocycles. The minimum atomic E-state index is -0.617. The van der Waals surface area contributed by atoms with Crippen LogP contribution in [0.25, 0.3) is 0 Å². The van der Waals surface area contributed by atoms with Crippen molar-refractivity contribution in [1.82, 2.24) is 4.98 Å². The molecule has 1 heterocycles. The number of rotatable bonds is 4. The van der Waals surface area contributed by atoms with Crippen LogP contribution in [0.1, 0.15) is 36.8 Å². The summed E-state index contributed by atoms with van der Waals surface area (Å²) in [6.07, 6.45) is 1.19. The smallest absolute Gasteiger partial charge is 0.119 e. The van der Waals surface area contributed by atoms with Gasteiger partial charge in [-0.2, -0.15) is 0 Å². The van der Waals surface area contributed by atoms with Crippen molar-refractivity contribution in [3.8, 4) is 0 Å². The Hall–Kier alpha value is -1.58. The van der Waals surface area contributed by atoms with Crippen LogP contribution in [-0.2, 0) is 5.41 Å². The Morgan fingerprint density at radius 1 is 1.28 bits per heavy atom. The van der Waals surface area contributed by atoms with Crippen LogP contribution in [0.2, 0.25) is 0 Å². The Balaban J connectivity index is 2.33. The highest BCUT2D eigenvalue weighted by Gasteiger charge is 2.20. The molecule has 0 spiro atoms. The van der Waals surface area contributed by atoms with E-state index in [1.54, 1.807) is 0 Å². The average molecular weight is 244 g/mol. The van der Waals surface area contributed by atoms with Crippen molar-refractivity contribution in [2.75, 3.05) is 6.54 Å². The van der Waals surface area contributed by atoms with Crippen molar-refractivity contribution < 1.29 is 5.11 Å². The zero-order chi connectivity index (χ0) is 13.2. The molecule has 1 atom stereocenters. The molecule has 3 heteroatoms. The third kappa shape index (κ3) is 2.47. The molecule has 0 saturated heterocycles. The fourth-order valence-electron chi connectivity index (χ4n) is 1.94. The van der Waals surface area contributed by atoms with E-state index in [9.17, 15) is 5.11 Å². The van der Waals surface area contributed by atoms with Gasteiger partial charge >= 0.3 is 0 Å². The number of aromatic amines is 1. The van der Waals surface area contributed by atoms with Gasteiger partial charge in [0.25, 0.3) is 0 Å². The molecular weight excluding hydrogens is 224 g/mol. The van der Waals surface area contributed by atoms with Crippen molar-refractivity contribution in [3.05, 3.63) is 59.4 Å². The minimum absolute atomic E-state index is 0.0779. The molecule has 18 heavy (non-hydrogen) atoms. The molecule has 0 aliphatic carbocycles. The number of aromatic nitrogens is 1. The van der Waals surface area contributed by atoms with Gasteiger partial charge in [-0.05, 0) is 23.3 Å². The first-order chi connectivity index (χ1) is 8.54. The number of hydrogen-bond donors (Lipinski definition) is 3. The van der Waals surface area contributed by atoms with E-state index < -0.39 is 6.10 Å². The van der Waals surface area contributed by atoms with Crippen LogP contribution >= 0.6 is 0 Å². The lowest BCUT2D eigenvalue weighted by Gasteiger charge is -2.24. The molecule has 0 aliphatic heterocycles. The summed E-state index contributed by atoms with van der Waals surface area (Å²) >= 11 is 0. The zero-order valence-corrected chi connectivity index (χ0v) is 10.9. The molecule has 0 radical (unpaired) electrons. The Labute approximate surface area is 108 Å². The molecule has 1 aromatic carbocycles. The lowest BCUT2D eigenvalue weighted by atomic mass is 9.83. The van der Waals surface area contributed by atoms with Crippen molar-refractivity contribution in [2.45, 2.75) is 25.4 Å². The van der Waals surface area contributed by atoms with E-state index in [1.165, 1.54) is 0 Å². The van der Waals surface area contributed by atoms with Crippen LogP contribution in [0.5, 0.6) is 0 Å². The summed E-state index contributed by atoms with van der Waals surface area (Å²) in [6, 6.07) is 11.7. The number of aliphatic hydroxyl groups excluding tert-OH is 1. The molecular formula is C15H20N2O. The Morgan fingerprint density at radius 3 is 2.67 bits per heavy atom. The van der Waals surface area contributed by atoms with Crippen LogP contribution in [0.3, 0.4) is 0 Å². The van der Waals surface area contributed by atoms with Crippen LogP contribution < -0.4 is 5.73 Å². The number of aliphatic hydroxyl groups is 1. The predicted molar refractivity (Wildman–Crippen MR) is 73.4 cm³/mol. The summed E-state index contributed by atoms with van der Waals surface area (Å²) in [7, 11) is 0. The largest absolute Gasteiger partial charge is 0.382 e. The van der Waals surface area contributed by atoms with Gasteiger partial charge in [0.15, 0.2) is 0 Å². The van der Waals surface area contributed by atoms with Crippen LogP contribution in [0.4, 0.5) is 0 Å². The van der Waals surface area contributed by atoms with E-state index in [0.717, 1.165) is 16.8 Å². The van der Waals surface area contributed by atoms with Crippen molar-refractivity contribution in [1.29, 1.82) is 0 Å². The molecule has 2 rings (SSSR count). The first-order valence-corrected chi connectivity index (χ1v) is 6.16. The molecule has 2 aromatic rings. The second-order valence-electron chi connectivity index (χ2n) is 5.24. The summed E-state index contributed by atoms with van der Waals surface area (Å²) in [5.41, 5.74) is 8.55. The van der Waals surface area contributed by atoms with Gasteiger partial charge in [0, 0.05) is 23.9 Å². The normalized spacial score (nSPS) is 13.6. The molecule has 4 N–H and O–H groups in total. The van der Waals surface area contributed by atoms with Gasteiger partial charge in [-0.1, -0.05) is 38.1 Å². The quantitative estimate of drug-likeness (QED) is 0.773. The first-order valence-electron chi connectivity index (χ1n) is 6.16. The molecule has 0 fully saturated rings. The van der Waals surface area contributed by atoms with Gasteiger partial charge < -0.3 is 15.8 Å². The predicted octanol–water partition coefficient (Wildman–Crippen LogP) is 2.33. The van der Waals surface area contributed by atoms with Gasteiger partial charge in [-0.15, -0.1) is 0 Å². The monoisotopic (exact) mass is 244 g/mol. The van der Waals surface area contributed by atoms with Crippen molar-refractivity contribution >= 4 is 0 Å². The van der Waals surface area contributed by atoms with Gasteiger partial charge in [-0.3, -0.25) is 0 Å². The van der Waals surface area contributed by atoms with Gasteiger partial charge in [-0.25, -0.2) is 0 Å². The molecule has 3 nitrogen and oxygen atoms in total. The Morgan fingerprint density at radius 2 is 2.06 bits per heavy atom. The van der Waals surface area contributed by atoms with E-state index in [1.807, 2.05) is 36.5 Å². The maximum Gasteiger partial charge on any atom is 0.119 e. The Bertz CT molecular complexity index is 503. The number of benzene rings is 1. The standard InChI is InChI=1S/C15H20N2O/c1-15(2,10-16)12-6-3-5-11(9-12)14(18)13-7-4-8-17-13/h3-9,14,17-18H,10,16H2,1-2H3. The maximum absolute atomic E-state index is 10.3. The summed E-state index contributed by atoms with van der Waals surface area (Å²) in [5, 5.41) is 10.3. The lowest BCUT2D eigenvalue weighted by Crippen LogP contribution is -2.28. The van der Waals surface area contributed by atoms with E-state index in [-0.39, 0.29) is 5.41 Å². The fourth-order valence-corrected chi connectivity index (χ4v) is 1.94. The molecule has 0 bridgehead atoms. The average Bonchev–Trinajstić information content (AvgIpc) is 2.92. The number of nitrogens with two attached hydrogens (primary N) is 1. The van der Waals surface area contributed by atoms with E-state index >= 15 is 0 Å². The second-order valence-corrected chi connectivity index (χ2v) is 5.24. The second kappa shape index (κ2) is 4.96. The van der Waals surface area contributed by atoms with Gasteiger partial charge in [0.1, 0.15) is 6.10 Å². The summed E-state index contributed by atoms with van der Waals surface area (Å²) in [4.78, 5) is 3.03. The van der Waals surface area contributed by atoms with Crippen molar-refractivity contribution in [3.63, 3.8) is 0 Å². The topological polar surface area (TPSA) is 62.0 Å². The van der Waals surface area contributed by atoms with Crippen LogP contribution in [0.15, 0.2) is 42.6 Å². The minimum Gasteiger partial charge on any atom is -0.382 e. The van der Waals surface area contributed by atoms with E-state index in [2.05, 4.69) is 24.9 Å². The molecule has 96 valence electrons. The molecule has 1 unspecified atom stereocenters. The summed E-state index contributed by atoms with van der Waals surface area (Å²) < 4.78 is 0. The van der Waals surface area contributed by atoms with E-state index in [4.69, 9.17) is 5.73 Å². The van der Waals surface area contributed by atoms with E-state index in [0.29, 0.717) is 6.54 Å². The molecule has 0 aliphatic rings. The van der Waals surface area contributed by atoms with Crippen LogP contribution in [-0.4, -0.2) is 16.6 Å². The third-order valence-electron chi connectivity index (χ3n) is 3.41. The SMILES string of the molecule is CC(C)(CN)c1cccc(C(O)c2ccc[nH]2)c1. The summed E-state index contributed by atoms with van der Waals surface area (Å²) in [6.45, 7) is 4.79. The zero-order valence-electron chi connectivity index (χ0n) is 10.9. The van der Waals surface area contributed by atoms with Gasteiger partial charge in [0.2, 0.25) is 0 Å². The maximum atomic E-state index is 10.3. The first kappa shape index (κ1) is 12.9. The highest BCUT2D eigenvalue weighted by molar-refractivity contribution is 5.33. The van der Waals surface area contributed by atoms with Crippen LogP contribution in [0, 0.1) is 0 Å².